The molecule has 7 aromatic carbocycles. The third-order valence-corrected chi connectivity index (χ3v) is 13.0. The van der Waals surface area contributed by atoms with Gasteiger partial charge in [0.1, 0.15) is 24.0 Å². The molecule has 0 amide bonds. The molecule has 66 heavy (non-hydrogen) atoms. The van der Waals surface area contributed by atoms with Crippen LogP contribution in [0.15, 0.2) is 170 Å². The molecule has 0 fully saturated rings. The molecule has 0 radical (unpaired) electrons. The van der Waals surface area contributed by atoms with Gasteiger partial charge < -0.3 is 14.5 Å². The topological polar surface area (TPSA) is 33.5 Å². The minimum atomic E-state index is -0.288. The third-order valence-electron chi connectivity index (χ3n) is 13.0. The molecular formula is C61H60N4O. The number of aromatic nitrogens is 2. The lowest BCUT2D eigenvalue weighted by Gasteiger charge is -2.29. The highest BCUT2D eigenvalue weighted by Crippen LogP contribution is 2.51. The Labute approximate surface area is 396 Å². The smallest absolute Gasteiger partial charge is 0.137 e. The summed E-state index contributed by atoms with van der Waals surface area (Å²) < 4.78 is 44.1. The summed E-state index contributed by atoms with van der Waals surface area (Å²) in [5.41, 5.74) is 14.4. The maximum atomic E-state index is 9.11. The molecule has 2 aromatic heterocycles. The molecule has 0 aliphatic carbocycles. The summed E-state index contributed by atoms with van der Waals surface area (Å²) >= 11 is 0. The van der Waals surface area contributed by atoms with E-state index in [0.717, 1.165) is 45.0 Å². The number of anilines is 4. The van der Waals surface area contributed by atoms with Gasteiger partial charge in [-0.1, -0.05) is 165 Å². The molecule has 5 nitrogen and oxygen atoms in total. The van der Waals surface area contributed by atoms with Crippen molar-refractivity contribution in [2.45, 2.75) is 85.5 Å². The molecule has 9 aromatic rings. The van der Waals surface area contributed by atoms with Crippen molar-refractivity contribution in [1.82, 2.24) is 9.55 Å². The van der Waals surface area contributed by atoms with Gasteiger partial charge in [0.05, 0.1) is 33.6 Å². The Kier molecular flexibility index (Phi) is 9.31. The summed E-state index contributed by atoms with van der Waals surface area (Å²) in [4.78, 5) is 9.61. The zero-order chi connectivity index (χ0) is 49.6. The first kappa shape index (κ1) is 38.2. The van der Waals surface area contributed by atoms with Gasteiger partial charge in [-0.25, -0.2) is 4.98 Å². The van der Waals surface area contributed by atoms with Gasteiger partial charge in [-0.3, -0.25) is 4.57 Å². The molecule has 0 saturated heterocycles. The first-order valence-corrected chi connectivity index (χ1v) is 23.0. The van der Waals surface area contributed by atoms with Crippen LogP contribution in [0, 0.1) is 6.92 Å². The van der Waals surface area contributed by atoms with Crippen LogP contribution in [0.2, 0.25) is 0 Å². The SMILES string of the molecule is [2H]c1c([2H])c([2H])c2c(c1[2H])c1ccc(Oc3cc(N4CN(c5c(-c6ccccc6)cccc5-c5cc(C(C)(C)C)cc(C(C)(C)C)c5)c5ccccc54)ccc3C)cc1n2-c1cc(C(C)(C)C)ccn1. The number of aryl methyl sites for hydroxylation is 1. The van der Waals surface area contributed by atoms with Crippen molar-refractivity contribution in [3.05, 3.63) is 192 Å². The largest absolute Gasteiger partial charge is 0.457 e. The Morgan fingerprint density at radius 3 is 1.89 bits per heavy atom. The average molecular weight is 869 g/mol. The Morgan fingerprint density at radius 2 is 1.20 bits per heavy atom. The van der Waals surface area contributed by atoms with E-state index < -0.39 is 0 Å². The predicted octanol–water partition coefficient (Wildman–Crippen LogP) is 16.8. The van der Waals surface area contributed by atoms with Gasteiger partial charge in [0, 0.05) is 45.9 Å². The molecule has 0 N–H and O–H groups in total. The van der Waals surface area contributed by atoms with Gasteiger partial charge in [-0.2, -0.15) is 0 Å². The van der Waals surface area contributed by atoms with Crippen LogP contribution in [0.5, 0.6) is 11.5 Å². The molecule has 0 atom stereocenters. The van der Waals surface area contributed by atoms with Gasteiger partial charge in [0.25, 0.3) is 0 Å². The summed E-state index contributed by atoms with van der Waals surface area (Å²) in [5, 5.41) is 1.13. The third kappa shape index (κ3) is 7.81. The lowest BCUT2D eigenvalue weighted by atomic mass is 9.78. The number of pyridine rings is 1. The van der Waals surface area contributed by atoms with E-state index in [0.29, 0.717) is 45.8 Å². The Balaban J connectivity index is 1.09. The first-order valence-electron chi connectivity index (χ1n) is 25.0. The van der Waals surface area contributed by atoms with Crippen LogP contribution in [-0.4, -0.2) is 16.2 Å². The van der Waals surface area contributed by atoms with Crippen LogP contribution in [0.4, 0.5) is 22.7 Å². The fraction of sp³-hybridized carbons (Fsp3) is 0.230. The van der Waals surface area contributed by atoms with E-state index in [1.54, 1.807) is 6.20 Å². The minimum Gasteiger partial charge on any atom is -0.457 e. The summed E-state index contributed by atoms with van der Waals surface area (Å²) in [7, 11) is 0. The normalized spacial score (nSPS) is 14.0. The second kappa shape index (κ2) is 16.1. The van der Waals surface area contributed by atoms with Gasteiger partial charge >= 0.3 is 0 Å². The zero-order valence-corrected chi connectivity index (χ0v) is 39.8. The summed E-state index contributed by atoms with van der Waals surface area (Å²) in [5.74, 6) is 1.82. The second-order valence-electron chi connectivity index (χ2n) is 20.8. The number of fused-ring (bicyclic) bond motifs is 4. The number of rotatable bonds is 7. The van der Waals surface area contributed by atoms with Crippen molar-refractivity contribution in [2.24, 2.45) is 0 Å². The lowest BCUT2D eigenvalue weighted by molar-refractivity contribution is 0.479. The van der Waals surface area contributed by atoms with Gasteiger partial charge in [-0.15, -0.1) is 0 Å². The lowest BCUT2D eigenvalue weighted by Crippen LogP contribution is -2.25. The zero-order valence-electron chi connectivity index (χ0n) is 43.8. The van der Waals surface area contributed by atoms with Gasteiger partial charge in [0.15, 0.2) is 0 Å². The molecule has 10 rings (SSSR count). The van der Waals surface area contributed by atoms with Crippen LogP contribution in [0.3, 0.4) is 0 Å². The van der Waals surface area contributed by atoms with Gasteiger partial charge in [0.2, 0.25) is 0 Å². The number of ether oxygens (including phenoxy) is 1. The van der Waals surface area contributed by atoms with E-state index in [1.807, 2.05) is 41.8 Å². The minimum absolute atomic E-state index is 0.0512. The standard InChI is InChI=1S/C61H60N4O/c1-40-27-28-46(37-56(40)66-47-29-30-51-50-21-14-15-24-52(50)65(55(51)38-47)57-36-43(31-32-62-57)59(2,3)4)63-39-64(54-26-17-16-25-53(54)63)58-48(41-19-12-11-13-20-41)22-18-23-49(58)42-33-44(60(5,6)7)35-45(34-42)61(8,9)10/h11-38H,39H2,1-10H3/i14D,15D,21D,24D. The fourth-order valence-electron chi connectivity index (χ4n) is 9.19. The number of hydrogen-bond acceptors (Lipinski definition) is 4. The molecule has 1 aliphatic rings. The first-order chi connectivity index (χ1) is 33.2. The summed E-state index contributed by atoms with van der Waals surface area (Å²) in [6.07, 6.45) is 1.76. The Morgan fingerprint density at radius 1 is 0.545 bits per heavy atom. The van der Waals surface area contributed by atoms with E-state index in [9.17, 15) is 0 Å². The van der Waals surface area contributed by atoms with Crippen LogP contribution in [0.1, 0.15) is 90.1 Å². The maximum absolute atomic E-state index is 9.11. The molecule has 330 valence electrons. The van der Waals surface area contributed by atoms with Crippen LogP contribution in [0.25, 0.3) is 49.9 Å². The van der Waals surface area contributed by atoms with Crippen molar-refractivity contribution in [3.8, 4) is 39.6 Å². The molecule has 0 saturated carbocycles. The number of nitrogens with zero attached hydrogens (tertiary/aromatic N) is 4. The van der Waals surface area contributed by atoms with Crippen molar-refractivity contribution >= 4 is 44.6 Å². The monoisotopic (exact) mass is 869 g/mol. The quantitative estimate of drug-likeness (QED) is 0.160. The molecule has 1 aliphatic heterocycles. The summed E-state index contributed by atoms with van der Waals surface area (Å²) in [6.45, 7) is 22.8. The molecule has 0 bridgehead atoms. The van der Waals surface area contributed by atoms with Crippen molar-refractivity contribution in [3.63, 3.8) is 0 Å². The highest BCUT2D eigenvalue weighted by molar-refractivity contribution is 6.09. The van der Waals surface area contributed by atoms with E-state index in [1.165, 1.54) is 22.3 Å². The van der Waals surface area contributed by atoms with E-state index in [-0.39, 0.29) is 40.4 Å². The maximum Gasteiger partial charge on any atom is 0.137 e. The summed E-state index contributed by atoms with van der Waals surface area (Å²) in [6, 6.07) is 48.5. The highest BCUT2D eigenvalue weighted by atomic mass is 16.5. The van der Waals surface area contributed by atoms with Crippen LogP contribution in [-0.2, 0) is 16.2 Å². The average Bonchev–Trinajstić information content (AvgIpc) is 3.89. The highest BCUT2D eigenvalue weighted by Gasteiger charge is 2.32. The van der Waals surface area contributed by atoms with E-state index in [2.05, 4.69) is 181 Å². The van der Waals surface area contributed by atoms with Crippen LogP contribution < -0.4 is 14.5 Å². The molecular weight excluding hydrogens is 805 g/mol. The molecule has 5 heteroatoms. The van der Waals surface area contributed by atoms with Crippen molar-refractivity contribution < 1.29 is 10.2 Å². The molecule has 0 spiro atoms. The van der Waals surface area contributed by atoms with E-state index in [4.69, 9.17) is 15.2 Å². The Hall–Kier alpha value is -7.11. The number of benzene rings is 7. The molecule has 3 heterocycles. The second-order valence-corrected chi connectivity index (χ2v) is 20.8. The van der Waals surface area contributed by atoms with E-state index >= 15 is 0 Å². The fourth-order valence-corrected chi connectivity index (χ4v) is 9.19. The van der Waals surface area contributed by atoms with Gasteiger partial charge in [-0.05, 0) is 105 Å². The van der Waals surface area contributed by atoms with Crippen LogP contribution >= 0.6 is 0 Å². The van der Waals surface area contributed by atoms with Crippen molar-refractivity contribution in [2.75, 3.05) is 16.5 Å². The number of para-hydroxylation sites is 4. The Bertz CT molecular complexity index is 3490. The number of hydrogen-bond donors (Lipinski definition) is 0. The molecule has 0 unspecified atom stereocenters. The predicted molar refractivity (Wildman–Crippen MR) is 279 cm³/mol. The van der Waals surface area contributed by atoms with Crippen molar-refractivity contribution in [1.29, 1.82) is 0 Å².